The van der Waals surface area contributed by atoms with Crippen molar-refractivity contribution in [2.75, 3.05) is 6.54 Å². The summed E-state index contributed by atoms with van der Waals surface area (Å²) in [5.41, 5.74) is 1.21. The predicted octanol–water partition coefficient (Wildman–Crippen LogP) is 3.52. The average molecular weight is 363 g/mol. The zero-order chi connectivity index (χ0) is 18.7. The molecule has 1 aliphatic carbocycles. The summed E-state index contributed by atoms with van der Waals surface area (Å²) in [6, 6.07) is 6.58. The smallest absolute Gasteiger partial charge is 0.329 e. The van der Waals surface area contributed by atoms with Crippen molar-refractivity contribution >= 4 is 5.91 Å². The van der Waals surface area contributed by atoms with E-state index in [-0.39, 0.29) is 24.2 Å². The van der Waals surface area contributed by atoms with Crippen molar-refractivity contribution in [3.05, 3.63) is 35.7 Å². The second kappa shape index (κ2) is 7.20. The van der Waals surface area contributed by atoms with E-state index < -0.39 is 12.1 Å². The molecule has 2 aromatic rings. The summed E-state index contributed by atoms with van der Waals surface area (Å²) >= 11 is 0. The highest BCUT2D eigenvalue weighted by atomic mass is 19.4. The van der Waals surface area contributed by atoms with E-state index >= 15 is 0 Å². The average Bonchev–Trinajstić information content (AvgIpc) is 3.03. The summed E-state index contributed by atoms with van der Waals surface area (Å²) in [6.07, 6.45) is 3.51. The van der Waals surface area contributed by atoms with Crippen LogP contribution in [0.2, 0.25) is 0 Å². The minimum atomic E-state index is -4.68. The van der Waals surface area contributed by atoms with Crippen LogP contribution in [0, 0.1) is 18.3 Å². The summed E-state index contributed by atoms with van der Waals surface area (Å²) in [4.78, 5) is 17.4. The molecular weight excluding hydrogens is 347 g/mol. The van der Waals surface area contributed by atoms with Gasteiger partial charge in [-0.15, -0.1) is 6.42 Å². The molecule has 0 bridgehead atoms. The number of halogens is 3. The summed E-state index contributed by atoms with van der Waals surface area (Å²) in [6.45, 7) is 0.566. The number of benzene rings is 1. The molecule has 3 rings (SSSR count). The van der Waals surface area contributed by atoms with Gasteiger partial charge in [-0.25, -0.2) is 0 Å². The van der Waals surface area contributed by atoms with E-state index in [9.17, 15) is 18.0 Å². The first-order chi connectivity index (χ1) is 12.4. The summed E-state index contributed by atoms with van der Waals surface area (Å²) < 4.78 is 41.8. The quantitative estimate of drug-likeness (QED) is 0.763. The van der Waals surface area contributed by atoms with Gasteiger partial charge in [0.25, 0.3) is 0 Å². The van der Waals surface area contributed by atoms with Crippen LogP contribution in [0.5, 0.6) is 0 Å². The van der Waals surface area contributed by atoms with Crippen molar-refractivity contribution in [1.29, 1.82) is 0 Å². The van der Waals surface area contributed by atoms with Crippen LogP contribution in [0.25, 0.3) is 11.4 Å². The maximum atomic E-state index is 12.5. The molecule has 1 fully saturated rings. The molecule has 0 spiro atoms. The van der Waals surface area contributed by atoms with Gasteiger partial charge in [-0.05, 0) is 18.4 Å². The van der Waals surface area contributed by atoms with E-state index in [2.05, 4.69) is 20.6 Å². The molecule has 1 heterocycles. The van der Waals surface area contributed by atoms with Gasteiger partial charge in [-0.1, -0.05) is 41.8 Å². The van der Waals surface area contributed by atoms with Gasteiger partial charge in [0.2, 0.25) is 11.7 Å². The van der Waals surface area contributed by atoms with E-state index in [0.717, 1.165) is 24.8 Å². The molecule has 1 amide bonds. The van der Waals surface area contributed by atoms with Crippen molar-refractivity contribution in [3.8, 4) is 23.7 Å². The van der Waals surface area contributed by atoms with Crippen molar-refractivity contribution in [3.63, 3.8) is 0 Å². The van der Waals surface area contributed by atoms with Gasteiger partial charge < -0.3 is 9.42 Å². The Bertz CT molecular complexity index is 817. The first-order valence-corrected chi connectivity index (χ1v) is 8.11. The maximum absolute atomic E-state index is 12.5. The van der Waals surface area contributed by atoms with Crippen LogP contribution in [0.1, 0.15) is 30.7 Å². The predicted molar refractivity (Wildman–Crippen MR) is 86.3 cm³/mol. The molecule has 26 heavy (non-hydrogen) atoms. The highest BCUT2D eigenvalue weighted by Gasteiger charge is 2.38. The molecule has 0 saturated heterocycles. The number of terminal acetylenes is 1. The van der Waals surface area contributed by atoms with Crippen LogP contribution in [-0.2, 0) is 17.5 Å². The standard InChI is InChI=1S/C18H16F3N3O2/c1-2-10-24(16(25)14-4-3-5-14)11-12-6-8-13(9-7-12)15-22-17(26-23-15)18(19,20)21/h1,6-9,14H,3-5,10-11H2. The van der Waals surface area contributed by atoms with Crippen LogP contribution in [0.3, 0.4) is 0 Å². The van der Waals surface area contributed by atoms with E-state index in [0.29, 0.717) is 12.1 Å². The molecule has 0 unspecified atom stereocenters. The lowest BCUT2D eigenvalue weighted by Crippen LogP contribution is -2.38. The fourth-order valence-electron chi connectivity index (χ4n) is 2.67. The molecule has 0 N–H and O–H groups in total. The van der Waals surface area contributed by atoms with Crippen molar-refractivity contribution in [2.24, 2.45) is 5.92 Å². The number of alkyl halides is 3. The monoisotopic (exact) mass is 363 g/mol. The lowest BCUT2D eigenvalue weighted by Gasteiger charge is -2.30. The van der Waals surface area contributed by atoms with Gasteiger partial charge in [-0.3, -0.25) is 4.79 Å². The normalized spacial score (nSPS) is 14.5. The molecule has 0 atom stereocenters. The van der Waals surface area contributed by atoms with E-state index in [1.165, 1.54) is 0 Å². The number of hydrogen-bond donors (Lipinski definition) is 0. The van der Waals surface area contributed by atoms with Gasteiger partial charge in [0, 0.05) is 18.0 Å². The third kappa shape index (κ3) is 3.87. The van der Waals surface area contributed by atoms with Crippen LogP contribution < -0.4 is 0 Å². The number of hydrogen-bond acceptors (Lipinski definition) is 4. The van der Waals surface area contributed by atoms with Crippen molar-refractivity contribution in [1.82, 2.24) is 15.0 Å². The van der Waals surface area contributed by atoms with Gasteiger partial charge in [-0.2, -0.15) is 18.2 Å². The van der Waals surface area contributed by atoms with Gasteiger partial charge in [0.05, 0.1) is 6.54 Å². The summed E-state index contributed by atoms with van der Waals surface area (Å²) in [7, 11) is 0. The SMILES string of the molecule is C#CCN(Cc1ccc(-c2noc(C(F)(F)F)n2)cc1)C(=O)C1CCC1. The second-order valence-corrected chi connectivity index (χ2v) is 6.14. The Morgan fingerprint density at radius 3 is 2.50 bits per heavy atom. The number of carbonyl (C=O) groups excluding carboxylic acids is 1. The Balaban J connectivity index is 1.71. The summed E-state index contributed by atoms with van der Waals surface area (Å²) in [5, 5.41) is 3.35. The molecule has 1 aromatic heterocycles. The van der Waals surface area contributed by atoms with Gasteiger partial charge in [0.1, 0.15) is 0 Å². The van der Waals surface area contributed by atoms with Crippen molar-refractivity contribution in [2.45, 2.75) is 32.0 Å². The maximum Gasteiger partial charge on any atom is 0.471 e. The minimum absolute atomic E-state index is 0.0442. The highest BCUT2D eigenvalue weighted by Crippen LogP contribution is 2.30. The van der Waals surface area contributed by atoms with Gasteiger partial charge in [0.15, 0.2) is 0 Å². The third-order valence-corrected chi connectivity index (χ3v) is 4.30. The van der Waals surface area contributed by atoms with Crippen LogP contribution in [-0.4, -0.2) is 27.5 Å². The van der Waals surface area contributed by atoms with Crippen LogP contribution >= 0.6 is 0 Å². The Morgan fingerprint density at radius 1 is 1.31 bits per heavy atom. The molecular formula is C18H16F3N3O2. The number of carbonyl (C=O) groups is 1. The Labute approximate surface area is 148 Å². The second-order valence-electron chi connectivity index (χ2n) is 6.14. The van der Waals surface area contributed by atoms with E-state index in [4.69, 9.17) is 6.42 Å². The van der Waals surface area contributed by atoms with Crippen LogP contribution in [0.15, 0.2) is 28.8 Å². The van der Waals surface area contributed by atoms with Crippen LogP contribution in [0.4, 0.5) is 13.2 Å². The number of rotatable bonds is 5. The molecule has 0 radical (unpaired) electrons. The first-order valence-electron chi connectivity index (χ1n) is 8.11. The zero-order valence-corrected chi connectivity index (χ0v) is 13.8. The highest BCUT2D eigenvalue weighted by molar-refractivity contribution is 5.79. The number of nitrogens with zero attached hydrogens (tertiary/aromatic N) is 3. The fraction of sp³-hybridized carbons (Fsp3) is 0.389. The third-order valence-electron chi connectivity index (χ3n) is 4.30. The largest absolute Gasteiger partial charge is 0.471 e. The Hall–Kier alpha value is -2.82. The first kappa shape index (κ1) is 18.0. The Morgan fingerprint density at radius 2 is 2.00 bits per heavy atom. The summed E-state index contributed by atoms with van der Waals surface area (Å²) in [5.74, 6) is 1.05. The molecule has 8 heteroatoms. The minimum Gasteiger partial charge on any atom is -0.329 e. The fourth-order valence-corrected chi connectivity index (χ4v) is 2.67. The lowest BCUT2D eigenvalue weighted by molar-refractivity contribution is -0.159. The lowest BCUT2D eigenvalue weighted by atomic mass is 9.84. The molecule has 1 aliphatic rings. The zero-order valence-electron chi connectivity index (χ0n) is 13.8. The topological polar surface area (TPSA) is 59.2 Å². The number of aromatic nitrogens is 2. The van der Waals surface area contributed by atoms with Crippen molar-refractivity contribution < 1.29 is 22.5 Å². The van der Waals surface area contributed by atoms with E-state index in [1.54, 1.807) is 29.2 Å². The van der Waals surface area contributed by atoms with E-state index in [1.807, 2.05) is 0 Å². The number of amides is 1. The van der Waals surface area contributed by atoms with Gasteiger partial charge >= 0.3 is 12.1 Å². The molecule has 5 nitrogen and oxygen atoms in total. The Kier molecular flexibility index (Phi) is 4.98. The molecule has 136 valence electrons. The molecule has 1 aromatic carbocycles. The molecule has 0 aliphatic heterocycles. The molecule has 1 saturated carbocycles.